The van der Waals surface area contributed by atoms with Crippen molar-refractivity contribution in [3.05, 3.63) is 0 Å². The Hall–Kier alpha value is -0.170. The number of hydrogen-bond acceptors (Lipinski definition) is 4. The molecule has 1 atom stereocenters. The van der Waals surface area contributed by atoms with E-state index >= 15 is 0 Å². The fourth-order valence-electron chi connectivity index (χ4n) is 2.47. The van der Waals surface area contributed by atoms with Gasteiger partial charge in [0.05, 0.1) is 11.9 Å². The first-order valence-corrected chi connectivity index (χ1v) is 8.52. The summed E-state index contributed by atoms with van der Waals surface area (Å²) in [5.41, 5.74) is 0. The molecule has 1 aliphatic carbocycles. The van der Waals surface area contributed by atoms with Gasteiger partial charge in [-0.1, -0.05) is 6.92 Å². The zero-order chi connectivity index (χ0) is 13.2. The molecule has 18 heavy (non-hydrogen) atoms. The van der Waals surface area contributed by atoms with Crippen LogP contribution in [0, 0.1) is 5.92 Å². The SMILES string of the molecule is CCCS(=O)(=O)N1CCN(C[C@H](O)C2CC2)CC1. The molecule has 1 heterocycles. The largest absolute Gasteiger partial charge is 0.392 e. The molecule has 0 amide bonds. The van der Waals surface area contributed by atoms with Gasteiger partial charge in [0.15, 0.2) is 0 Å². The quantitative estimate of drug-likeness (QED) is 0.748. The molecule has 0 unspecified atom stereocenters. The van der Waals surface area contributed by atoms with Gasteiger partial charge in [-0.15, -0.1) is 0 Å². The Bertz CT molecular complexity index is 360. The van der Waals surface area contributed by atoms with Crippen LogP contribution in [0.25, 0.3) is 0 Å². The molecular weight excluding hydrogens is 252 g/mol. The maximum atomic E-state index is 11.9. The summed E-state index contributed by atoms with van der Waals surface area (Å²) in [6, 6.07) is 0. The highest BCUT2D eigenvalue weighted by atomic mass is 32.2. The highest BCUT2D eigenvalue weighted by molar-refractivity contribution is 7.89. The first-order chi connectivity index (χ1) is 8.53. The van der Waals surface area contributed by atoms with Crippen molar-refractivity contribution < 1.29 is 13.5 Å². The van der Waals surface area contributed by atoms with Crippen molar-refractivity contribution in [2.24, 2.45) is 5.92 Å². The molecule has 106 valence electrons. The van der Waals surface area contributed by atoms with E-state index in [-0.39, 0.29) is 11.9 Å². The zero-order valence-corrected chi connectivity index (χ0v) is 11.9. The van der Waals surface area contributed by atoms with Gasteiger partial charge in [-0.05, 0) is 25.2 Å². The minimum atomic E-state index is -3.05. The topological polar surface area (TPSA) is 60.9 Å². The van der Waals surface area contributed by atoms with Crippen LogP contribution in [0.1, 0.15) is 26.2 Å². The summed E-state index contributed by atoms with van der Waals surface area (Å²) in [4.78, 5) is 2.18. The second-order valence-corrected chi connectivity index (χ2v) is 7.51. The Morgan fingerprint density at radius 2 is 1.83 bits per heavy atom. The average molecular weight is 276 g/mol. The lowest BCUT2D eigenvalue weighted by Gasteiger charge is -2.34. The van der Waals surface area contributed by atoms with Crippen molar-refractivity contribution in [1.29, 1.82) is 0 Å². The number of aliphatic hydroxyl groups is 1. The van der Waals surface area contributed by atoms with E-state index in [1.807, 2.05) is 6.92 Å². The lowest BCUT2D eigenvalue weighted by atomic mass is 10.2. The van der Waals surface area contributed by atoms with Gasteiger partial charge in [0, 0.05) is 32.7 Å². The molecule has 6 heteroatoms. The zero-order valence-electron chi connectivity index (χ0n) is 11.1. The number of sulfonamides is 1. The van der Waals surface area contributed by atoms with E-state index in [4.69, 9.17) is 0 Å². The number of hydrogen-bond donors (Lipinski definition) is 1. The third-order valence-electron chi connectivity index (χ3n) is 3.80. The Balaban J connectivity index is 1.77. The number of nitrogens with zero attached hydrogens (tertiary/aromatic N) is 2. The van der Waals surface area contributed by atoms with Crippen LogP contribution in [-0.4, -0.2) is 67.3 Å². The van der Waals surface area contributed by atoms with E-state index < -0.39 is 10.0 Å². The molecule has 0 radical (unpaired) electrons. The summed E-state index contributed by atoms with van der Waals surface area (Å²) in [7, 11) is -3.05. The van der Waals surface area contributed by atoms with E-state index in [1.165, 1.54) is 0 Å². The maximum Gasteiger partial charge on any atom is 0.214 e. The van der Waals surface area contributed by atoms with Gasteiger partial charge in [0.2, 0.25) is 10.0 Å². The van der Waals surface area contributed by atoms with E-state index in [1.54, 1.807) is 4.31 Å². The molecule has 0 aromatic heterocycles. The summed E-state index contributed by atoms with van der Waals surface area (Å²) in [6.07, 6.45) is 2.74. The van der Waals surface area contributed by atoms with Gasteiger partial charge in [-0.25, -0.2) is 8.42 Å². The monoisotopic (exact) mass is 276 g/mol. The van der Waals surface area contributed by atoms with Crippen LogP contribution in [0.5, 0.6) is 0 Å². The van der Waals surface area contributed by atoms with Gasteiger partial charge in [0.1, 0.15) is 0 Å². The summed E-state index contributed by atoms with van der Waals surface area (Å²) in [5, 5.41) is 9.88. The third kappa shape index (κ3) is 3.66. The van der Waals surface area contributed by atoms with Crippen LogP contribution in [-0.2, 0) is 10.0 Å². The molecule has 2 aliphatic rings. The molecule has 2 fully saturated rings. The van der Waals surface area contributed by atoms with Gasteiger partial charge >= 0.3 is 0 Å². The molecule has 1 aliphatic heterocycles. The van der Waals surface area contributed by atoms with Gasteiger partial charge in [-0.2, -0.15) is 4.31 Å². The summed E-state index contributed by atoms with van der Waals surface area (Å²) in [6.45, 7) is 5.21. The standard InChI is InChI=1S/C12H24N2O3S/c1-2-9-18(16,17)14-7-5-13(6-8-14)10-12(15)11-3-4-11/h11-12,15H,2-10H2,1H3/t12-/m0/s1. The van der Waals surface area contributed by atoms with Gasteiger partial charge in [-0.3, -0.25) is 4.90 Å². The maximum absolute atomic E-state index is 11.9. The molecular formula is C12H24N2O3S. The van der Waals surface area contributed by atoms with Crippen LogP contribution in [0.15, 0.2) is 0 Å². The summed E-state index contributed by atoms with van der Waals surface area (Å²) in [5.74, 6) is 0.740. The van der Waals surface area contributed by atoms with Crippen molar-refractivity contribution in [3.63, 3.8) is 0 Å². The second kappa shape index (κ2) is 5.86. The van der Waals surface area contributed by atoms with Crippen LogP contribution in [0.3, 0.4) is 0 Å². The number of aliphatic hydroxyl groups excluding tert-OH is 1. The normalized spacial score (nSPS) is 25.2. The molecule has 1 N–H and O–H groups in total. The van der Waals surface area contributed by atoms with E-state index in [9.17, 15) is 13.5 Å². The third-order valence-corrected chi connectivity index (χ3v) is 5.87. The van der Waals surface area contributed by atoms with Gasteiger partial charge in [0.25, 0.3) is 0 Å². The summed E-state index contributed by atoms with van der Waals surface area (Å²) >= 11 is 0. The van der Waals surface area contributed by atoms with Crippen molar-refractivity contribution in [2.75, 3.05) is 38.5 Å². The van der Waals surface area contributed by atoms with Gasteiger partial charge < -0.3 is 5.11 Å². The predicted octanol–water partition coefficient (Wildman–Crippen LogP) is 0.115. The molecule has 0 bridgehead atoms. The van der Waals surface area contributed by atoms with Crippen LogP contribution in [0.4, 0.5) is 0 Å². The molecule has 1 saturated carbocycles. The predicted molar refractivity (Wildman–Crippen MR) is 70.8 cm³/mol. The van der Waals surface area contributed by atoms with Crippen LogP contribution in [0.2, 0.25) is 0 Å². The highest BCUT2D eigenvalue weighted by Gasteiger charge is 2.32. The van der Waals surface area contributed by atoms with Crippen LogP contribution >= 0.6 is 0 Å². The Labute approximate surface area is 110 Å². The number of piperazine rings is 1. The first-order valence-electron chi connectivity index (χ1n) is 6.91. The molecule has 2 rings (SSSR count). The van der Waals surface area contributed by atoms with Crippen molar-refractivity contribution in [1.82, 2.24) is 9.21 Å². The lowest BCUT2D eigenvalue weighted by molar-refractivity contribution is 0.0782. The minimum Gasteiger partial charge on any atom is -0.392 e. The second-order valence-electron chi connectivity index (χ2n) is 5.42. The first kappa shape index (κ1) is 14.2. The average Bonchev–Trinajstić information content (AvgIpc) is 3.13. The molecule has 0 aromatic carbocycles. The van der Waals surface area contributed by atoms with Crippen molar-refractivity contribution in [2.45, 2.75) is 32.3 Å². The Morgan fingerprint density at radius 3 is 2.33 bits per heavy atom. The van der Waals surface area contributed by atoms with E-state index in [2.05, 4.69) is 4.90 Å². The number of rotatable bonds is 6. The van der Waals surface area contributed by atoms with E-state index in [0.717, 1.165) is 25.9 Å². The molecule has 0 aromatic rings. The minimum absolute atomic E-state index is 0.219. The molecule has 0 spiro atoms. The summed E-state index contributed by atoms with van der Waals surface area (Å²) < 4.78 is 25.4. The molecule has 1 saturated heterocycles. The fraction of sp³-hybridized carbons (Fsp3) is 1.00. The molecule has 5 nitrogen and oxygen atoms in total. The lowest BCUT2D eigenvalue weighted by Crippen LogP contribution is -2.51. The fourth-order valence-corrected chi connectivity index (χ4v) is 3.97. The Kier molecular flexibility index (Phi) is 4.64. The Morgan fingerprint density at radius 1 is 1.22 bits per heavy atom. The van der Waals surface area contributed by atoms with Crippen molar-refractivity contribution >= 4 is 10.0 Å². The van der Waals surface area contributed by atoms with Crippen molar-refractivity contribution in [3.8, 4) is 0 Å². The smallest absolute Gasteiger partial charge is 0.214 e. The number of β-amino-alcohol motifs (C(OH)–C–C–N with tert-alkyl or cyclic N) is 1. The van der Waals surface area contributed by atoms with Crippen LogP contribution < -0.4 is 0 Å². The highest BCUT2D eigenvalue weighted by Crippen LogP contribution is 2.32. The van der Waals surface area contributed by atoms with E-state index in [0.29, 0.717) is 32.0 Å².